The fraction of sp³-hybridized carbons (Fsp3) is 0.158. The first-order valence-electron chi connectivity index (χ1n) is 8.01. The third-order valence-electron chi connectivity index (χ3n) is 3.67. The largest absolute Gasteiger partial charge is 0.350 e. The summed E-state index contributed by atoms with van der Waals surface area (Å²) >= 11 is 7.11. The number of hydrogen-bond donors (Lipinski definition) is 2. The van der Waals surface area contributed by atoms with Crippen molar-refractivity contribution in [2.75, 3.05) is 12.3 Å². The SMILES string of the molecule is O=C(NCCSCc1ccccc1)c1c[nH]c(=S)n1-c1ccccc1. The molecule has 0 aliphatic heterocycles. The van der Waals surface area contributed by atoms with Crippen molar-refractivity contribution >= 4 is 29.9 Å². The Kier molecular flexibility index (Phi) is 6.09. The van der Waals surface area contributed by atoms with Gasteiger partial charge >= 0.3 is 0 Å². The fourth-order valence-electron chi connectivity index (χ4n) is 2.46. The van der Waals surface area contributed by atoms with E-state index < -0.39 is 0 Å². The third-order valence-corrected chi connectivity index (χ3v) is 5.00. The maximum absolute atomic E-state index is 12.5. The molecule has 0 radical (unpaired) electrons. The Morgan fingerprint density at radius 1 is 1.08 bits per heavy atom. The molecular weight excluding hydrogens is 350 g/mol. The number of imidazole rings is 1. The second-order valence-electron chi connectivity index (χ2n) is 5.44. The van der Waals surface area contributed by atoms with Gasteiger partial charge in [-0.05, 0) is 29.9 Å². The van der Waals surface area contributed by atoms with Gasteiger partial charge in [0.05, 0.1) is 0 Å². The normalized spacial score (nSPS) is 10.6. The molecule has 0 saturated carbocycles. The smallest absolute Gasteiger partial charge is 0.269 e. The fourth-order valence-corrected chi connectivity index (χ4v) is 3.54. The van der Waals surface area contributed by atoms with E-state index in [-0.39, 0.29) is 5.91 Å². The lowest BCUT2D eigenvalue weighted by Crippen LogP contribution is -2.27. The van der Waals surface area contributed by atoms with Crippen molar-refractivity contribution in [3.05, 3.63) is 82.9 Å². The summed E-state index contributed by atoms with van der Waals surface area (Å²) in [4.78, 5) is 15.4. The van der Waals surface area contributed by atoms with Crippen LogP contribution in [0.2, 0.25) is 0 Å². The Labute approximate surface area is 156 Å². The summed E-state index contributed by atoms with van der Waals surface area (Å²) in [5.74, 6) is 1.68. The van der Waals surface area contributed by atoms with Crippen molar-refractivity contribution in [1.82, 2.24) is 14.9 Å². The predicted octanol–water partition coefficient (Wildman–Crippen LogP) is 4.20. The first kappa shape index (κ1) is 17.5. The maximum atomic E-state index is 12.5. The number of rotatable bonds is 7. The lowest BCUT2D eigenvalue weighted by atomic mass is 10.2. The molecule has 0 aliphatic rings. The number of hydrogen-bond acceptors (Lipinski definition) is 3. The summed E-state index contributed by atoms with van der Waals surface area (Å²) in [5.41, 5.74) is 2.68. The highest BCUT2D eigenvalue weighted by Crippen LogP contribution is 2.13. The number of carbonyl (C=O) groups excluding carboxylic acids is 1. The quantitative estimate of drug-likeness (QED) is 0.485. The van der Waals surface area contributed by atoms with E-state index in [1.54, 1.807) is 22.5 Å². The van der Waals surface area contributed by atoms with Crippen LogP contribution in [0.3, 0.4) is 0 Å². The van der Waals surface area contributed by atoms with Crippen molar-refractivity contribution < 1.29 is 4.79 Å². The summed E-state index contributed by atoms with van der Waals surface area (Å²) in [6.07, 6.45) is 1.65. The minimum absolute atomic E-state index is 0.128. The molecule has 0 unspecified atom stereocenters. The average Bonchev–Trinajstić information content (AvgIpc) is 3.04. The molecule has 128 valence electrons. The van der Waals surface area contributed by atoms with Crippen molar-refractivity contribution in [2.24, 2.45) is 0 Å². The number of amides is 1. The highest BCUT2D eigenvalue weighted by atomic mass is 32.2. The van der Waals surface area contributed by atoms with Crippen molar-refractivity contribution in [3.8, 4) is 5.69 Å². The molecule has 0 spiro atoms. The lowest BCUT2D eigenvalue weighted by molar-refractivity contribution is 0.0949. The van der Waals surface area contributed by atoms with Gasteiger partial charge in [0.25, 0.3) is 5.91 Å². The number of nitrogens with zero attached hydrogens (tertiary/aromatic N) is 1. The Morgan fingerprint density at radius 2 is 1.76 bits per heavy atom. The molecule has 6 heteroatoms. The van der Waals surface area contributed by atoms with Gasteiger partial charge in [0, 0.05) is 29.9 Å². The number of aromatic amines is 1. The van der Waals surface area contributed by atoms with Crippen LogP contribution in [0.5, 0.6) is 0 Å². The molecule has 0 aliphatic carbocycles. The Morgan fingerprint density at radius 3 is 2.48 bits per heavy atom. The monoisotopic (exact) mass is 369 g/mol. The Balaban J connectivity index is 1.55. The number of H-pyrrole nitrogens is 1. The van der Waals surface area contributed by atoms with Gasteiger partial charge in [-0.1, -0.05) is 48.5 Å². The van der Waals surface area contributed by atoms with Gasteiger partial charge in [0.1, 0.15) is 5.69 Å². The van der Waals surface area contributed by atoms with Gasteiger partial charge in [-0.2, -0.15) is 11.8 Å². The number of benzene rings is 2. The standard InChI is InChI=1S/C19H19N3OS2/c23-18(20-11-12-25-14-15-7-3-1-4-8-15)17-13-21-19(24)22(17)16-9-5-2-6-10-16/h1-10,13H,11-12,14H2,(H,20,23)(H,21,24). The Bertz CT molecular complexity index is 872. The lowest BCUT2D eigenvalue weighted by Gasteiger charge is -2.09. The van der Waals surface area contributed by atoms with Crippen LogP contribution in [0, 0.1) is 4.77 Å². The molecule has 0 fully saturated rings. The molecule has 1 amide bonds. The van der Waals surface area contributed by atoms with E-state index in [4.69, 9.17) is 12.2 Å². The molecule has 3 aromatic rings. The highest BCUT2D eigenvalue weighted by Gasteiger charge is 2.13. The number of thioether (sulfide) groups is 1. The summed E-state index contributed by atoms with van der Waals surface area (Å²) < 4.78 is 2.26. The van der Waals surface area contributed by atoms with Gasteiger partial charge in [0.15, 0.2) is 4.77 Å². The molecule has 2 aromatic carbocycles. The summed E-state index contributed by atoms with van der Waals surface area (Å²) in [6, 6.07) is 19.9. The van der Waals surface area contributed by atoms with Crippen LogP contribution in [0.4, 0.5) is 0 Å². The number of carbonyl (C=O) groups is 1. The van der Waals surface area contributed by atoms with E-state index in [9.17, 15) is 4.79 Å². The van der Waals surface area contributed by atoms with Gasteiger partial charge in [0.2, 0.25) is 0 Å². The van der Waals surface area contributed by atoms with E-state index in [1.165, 1.54) is 5.56 Å². The number of para-hydroxylation sites is 1. The summed E-state index contributed by atoms with van der Waals surface area (Å²) in [7, 11) is 0. The molecule has 25 heavy (non-hydrogen) atoms. The van der Waals surface area contributed by atoms with Crippen LogP contribution in [0.1, 0.15) is 16.1 Å². The Hall–Kier alpha value is -2.31. The first-order chi connectivity index (χ1) is 12.3. The van der Waals surface area contributed by atoms with Crippen LogP contribution < -0.4 is 5.32 Å². The van der Waals surface area contributed by atoms with Crippen molar-refractivity contribution in [2.45, 2.75) is 5.75 Å². The zero-order valence-corrected chi connectivity index (χ0v) is 15.3. The van der Waals surface area contributed by atoms with Crippen molar-refractivity contribution in [3.63, 3.8) is 0 Å². The topological polar surface area (TPSA) is 49.8 Å². The van der Waals surface area contributed by atoms with Gasteiger partial charge in [-0.3, -0.25) is 9.36 Å². The van der Waals surface area contributed by atoms with Gasteiger partial charge in [-0.15, -0.1) is 0 Å². The predicted molar refractivity (Wildman–Crippen MR) is 106 cm³/mol. The maximum Gasteiger partial charge on any atom is 0.269 e. The van der Waals surface area contributed by atoms with E-state index in [0.717, 1.165) is 17.2 Å². The summed E-state index contributed by atoms with van der Waals surface area (Å²) in [6.45, 7) is 0.614. The summed E-state index contributed by atoms with van der Waals surface area (Å²) in [5, 5.41) is 2.96. The minimum atomic E-state index is -0.128. The molecule has 1 aromatic heterocycles. The molecule has 0 atom stereocenters. The van der Waals surface area contributed by atoms with E-state index in [0.29, 0.717) is 17.0 Å². The van der Waals surface area contributed by atoms with Crippen LogP contribution in [-0.4, -0.2) is 27.8 Å². The zero-order valence-electron chi connectivity index (χ0n) is 13.6. The minimum Gasteiger partial charge on any atom is -0.350 e. The second kappa shape index (κ2) is 8.69. The average molecular weight is 370 g/mol. The van der Waals surface area contributed by atoms with Crippen LogP contribution in [0.15, 0.2) is 66.9 Å². The number of aromatic nitrogens is 2. The van der Waals surface area contributed by atoms with E-state index >= 15 is 0 Å². The van der Waals surface area contributed by atoms with Crippen LogP contribution >= 0.6 is 24.0 Å². The van der Waals surface area contributed by atoms with Crippen molar-refractivity contribution in [1.29, 1.82) is 0 Å². The molecule has 4 nitrogen and oxygen atoms in total. The van der Waals surface area contributed by atoms with Crippen LogP contribution in [-0.2, 0) is 5.75 Å². The second-order valence-corrected chi connectivity index (χ2v) is 6.94. The third kappa shape index (κ3) is 4.61. The zero-order chi connectivity index (χ0) is 17.5. The molecule has 0 bridgehead atoms. The van der Waals surface area contributed by atoms with Crippen LogP contribution in [0.25, 0.3) is 5.69 Å². The highest BCUT2D eigenvalue weighted by molar-refractivity contribution is 7.98. The molecule has 0 saturated heterocycles. The van der Waals surface area contributed by atoms with Gasteiger partial charge in [-0.25, -0.2) is 0 Å². The molecular formula is C19H19N3OS2. The molecule has 3 rings (SSSR count). The molecule has 1 heterocycles. The number of nitrogens with one attached hydrogen (secondary N) is 2. The molecule has 2 N–H and O–H groups in total. The van der Waals surface area contributed by atoms with E-state index in [1.807, 2.05) is 48.5 Å². The van der Waals surface area contributed by atoms with Gasteiger partial charge < -0.3 is 10.3 Å². The first-order valence-corrected chi connectivity index (χ1v) is 9.58. The van der Waals surface area contributed by atoms with E-state index in [2.05, 4.69) is 22.4 Å².